The Labute approximate surface area is 126 Å². The molecule has 0 fully saturated rings. The first-order valence-electron chi connectivity index (χ1n) is 7.27. The summed E-state index contributed by atoms with van der Waals surface area (Å²) in [7, 11) is 0.785. The molecular formula is C15H24FN3OSi. The summed E-state index contributed by atoms with van der Waals surface area (Å²) >= 11 is 0. The smallest absolute Gasteiger partial charge is 0.140 e. The number of halogens is 1. The Bertz CT molecular complexity index is 607. The number of aromatic nitrogens is 2. The second-order valence-electron chi connectivity index (χ2n) is 6.49. The summed E-state index contributed by atoms with van der Waals surface area (Å²) in [6.07, 6.45) is 1.58. The lowest BCUT2D eigenvalue weighted by molar-refractivity contribution is 0.0816. The van der Waals surface area contributed by atoms with Gasteiger partial charge in [-0.15, -0.1) is 0 Å². The lowest BCUT2D eigenvalue weighted by Crippen LogP contribution is -2.22. The molecule has 0 unspecified atom stereocenters. The molecule has 1 aromatic carbocycles. The highest BCUT2D eigenvalue weighted by atomic mass is 28.3. The van der Waals surface area contributed by atoms with Crippen LogP contribution in [-0.4, -0.2) is 31.5 Å². The fourth-order valence-electron chi connectivity index (χ4n) is 2.20. The molecule has 2 rings (SSSR count). The van der Waals surface area contributed by atoms with Gasteiger partial charge in [0.15, 0.2) is 0 Å². The van der Waals surface area contributed by atoms with E-state index < -0.39 is 8.07 Å². The molecule has 0 aliphatic carbocycles. The molecule has 0 saturated heterocycles. The zero-order valence-corrected chi connectivity index (χ0v) is 14.2. The van der Waals surface area contributed by atoms with E-state index in [-0.39, 0.29) is 5.82 Å². The molecule has 0 aliphatic heterocycles. The van der Waals surface area contributed by atoms with Crippen LogP contribution in [-0.2, 0) is 18.0 Å². The lowest BCUT2D eigenvalue weighted by Gasteiger charge is -2.15. The predicted octanol–water partition coefficient (Wildman–Crippen LogP) is 3.21. The highest BCUT2D eigenvalue weighted by Crippen LogP contribution is 2.22. The van der Waals surface area contributed by atoms with E-state index in [1.165, 1.54) is 6.07 Å². The Balaban J connectivity index is 2.14. The first-order valence-corrected chi connectivity index (χ1v) is 11.0. The third-order valence-corrected chi connectivity index (χ3v) is 5.11. The Kier molecular flexibility index (Phi) is 5.13. The summed E-state index contributed by atoms with van der Waals surface area (Å²) in [5.41, 5.74) is 1.84. The summed E-state index contributed by atoms with van der Waals surface area (Å²) < 4.78 is 21.3. The summed E-state index contributed by atoms with van der Waals surface area (Å²) in [4.78, 5) is 0. The fraction of sp³-hybridized carbons (Fsp3) is 0.533. The van der Waals surface area contributed by atoms with Crippen LogP contribution in [0.2, 0.25) is 25.7 Å². The van der Waals surface area contributed by atoms with E-state index in [4.69, 9.17) is 4.74 Å². The molecule has 21 heavy (non-hydrogen) atoms. The normalized spacial score (nSPS) is 12.2. The molecule has 6 heteroatoms. The van der Waals surface area contributed by atoms with Crippen molar-refractivity contribution in [3.05, 3.63) is 29.7 Å². The highest BCUT2D eigenvalue weighted by molar-refractivity contribution is 6.76. The monoisotopic (exact) mass is 309 g/mol. The molecule has 1 N–H and O–H groups in total. The van der Waals surface area contributed by atoms with Crippen LogP contribution in [0.3, 0.4) is 0 Å². The largest absolute Gasteiger partial charge is 0.360 e. The van der Waals surface area contributed by atoms with Crippen LogP contribution >= 0.6 is 0 Å². The van der Waals surface area contributed by atoms with Crippen LogP contribution in [0.15, 0.2) is 18.3 Å². The van der Waals surface area contributed by atoms with Gasteiger partial charge in [0.2, 0.25) is 0 Å². The molecule has 0 spiro atoms. The van der Waals surface area contributed by atoms with Crippen molar-refractivity contribution in [3.8, 4) is 0 Å². The quantitative estimate of drug-likeness (QED) is 0.630. The number of benzene rings is 1. The maximum absolute atomic E-state index is 13.9. The van der Waals surface area contributed by atoms with E-state index in [1.54, 1.807) is 16.9 Å². The van der Waals surface area contributed by atoms with Crippen molar-refractivity contribution in [1.29, 1.82) is 0 Å². The average molecular weight is 309 g/mol. The average Bonchev–Trinajstić information content (AvgIpc) is 2.82. The van der Waals surface area contributed by atoms with Gasteiger partial charge >= 0.3 is 0 Å². The van der Waals surface area contributed by atoms with Gasteiger partial charge in [-0.25, -0.2) is 9.07 Å². The third-order valence-electron chi connectivity index (χ3n) is 3.41. The van der Waals surface area contributed by atoms with Crippen molar-refractivity contribution in [3.63, 3.8) is 0 Å². The molecule has 0 atom stereocenters. The van der Waals surface area contributed by atoms with E-state index in [0.29, 0.717) is 18.7 Å². The number of hydrogen-bond donors (Lipinski definition) is 1. The summed E-state index contributed by atoms with van der Waals surface area (Å²) in [5, 5.41) is 7.92. The number of nitrogens with zero attached hydrogens (tertiary/aromatic N) is 2. The number of rotatable bonds is 7. The van der Waals surface area contributed by atoms with Crippen molar-refractivity contribution in [2.45, 2.75) is 39.0 Å². The standard InChI is InChI=1S/C15H24FN3OSi/c1-17-9-12-5-6-14(16)13-10-18-19(15(12)13)11-20-7-8-21(2,3)4/h5-6,10,17H,7-9,11H2,1-4H3. The van der Waals surface area contributed by atoms with Crippen LogP contribution in [0.4, 0.5) is 4.39 Å². The molecular weight excluding hydrogens is 285 g/mol. The van der Waals surface area contributed by atoms with Gasteiger partial charge in [-0.2, -0.15) is 5.10 Å². The number of hydrogen-bond acceptors (Lipinski definition) is 3. The Morgan fingerprint density at radius 2 is 2.10 bits per heavy atom. The molecule has 0 saturated carbocycles. The molecule has 116 valence electrons. The second-order valence-corrected chi connectivity index (χ2v) is 12.1. The van der Waals surface area contributed by atoms with Gasteiger partial charge in [0, 0.05) is 21.2 Å². The Morgan fingerprint density at radius 3 is 2.76 bits per heavy atom. The summed E-state index contributed by atoms with van der Waals surface area (Å²) in [6, 6.07) is 4.41. The molecule has 1 heterocycles. The van der Waals surface area contributed by atoms with E-state index >= 15 is 0 Å². The first-order chi connectivity index (χ1) is 9.92. The van der Waals surface area contributed by atoms with E-state index in [2.05, 4.69) is 30.1 Å². The van der Waals surface area contributed by atoms with Gasteiger partial charge in [0.05, 0.1) is 17.1 Å². The number of nitrogens with one attached hydrogen (secondary N) is 1. The minimum atomic E-state index is -1.09. The first kappa shape index (κ1) is 16.1. The highest BCUT2D eigenvalue weighted by Gasteiger charge is 2.14. The number of fused-ring (bicyclic) bond motifs is 1. The van der Waals surface area contributed by atoms with Gasteiger partial charge in [0.1, 0.15) is 12.5 Å². The zero-order valence-electron chi connectivity index (χ0n) is 13.2. The van der Waals surface area contributed by atoms with Crippen LogP contribution in [0.25, 0.3) is 10.9 Å². The van der Waals surface area contributed by atoms with Crippen molar-refractivity contribution < 1.29 is 9.13 Å². The topological polar surface area (TPSA) is 39.1 Å². The van der Waals surface area contributed by atoms with Crippen molar-refractivity contribution in [2.75, 3.05) is 13.7 Å². The van der Waals surface area contributed by atoms with Crippen LogP contribution < -0.4 is 5.32 Å². The van der Waals surface area contributed by atoms with E-state index in [0.717, 1.165) is 23.7 Å². The van der Waals surface area contributed by atoms with Gasteiger partial charge in [-0.1, -0.05) is 25.7 Å². The zero-order chi connectivity index (χ0) is 15.5. The van der Waals surface area contributed by atoms with Gasteiger partial charge in [-0.05, 0) is 24.7 Å². The molecule has 4 nitrogen and oxygen atoms in total. The molecule has 1 aromatic heterocycles. The van der Waals surface area contributed by atoms with Crippen LogP contribution in [0.5, 0.6) is 0 Å². The SMILES string of the molecule is CNCc1ccc(F)c2cnn(COCC[Si](C)(C)C)c12. The minimum absolute atomic E-state index is 0.238. The van der Waals surface area contributed by atoms with E-state index in [1.807, 2.05) is 7.05 Å². The minimum Gasteiger partial charge on any atom is -0.360 e. The molecule has 0 bridgehead atoms. The summed E-state index contributed by atoms with van der Waals surface area (Å²) in [5.74, 6) is -0.238. The number of ether oxygens (including phenoxy) is 1. The van der Waals surface area contributed by atoms with Gasteiger partial charge in [-0.3, -0.25) is 0 Å². The van der Waals surface area contributed by atoms with Crippen LogP contribution in [0, 0.1) is 5.82 Å². The third kappa shape index (κ3) is 4.12. The van der Waals surface area contributed by atoms with Crippen molar-refractivity contribution in [1.82, 2.24) is 15.1 Å². The maximum atomic E-state index is 13.9. The second kappa shape index (κ2) is 6.68. The molecule has 0 aliphatic rings. The molecule has 0 amide bonds. The molecule has 2 aromatic rings. The molecule has 0 radical (unpaired) electrons. The van der Waals surface area contributed by atoms with Gasteiger partial charge < -0.3 is 10.1 Å². The lowest BCUT2D eigenvalue weighted by atomic mass is 10.1. The van der Waals surface area contributed by atoms with Crippen molar-refractivity contribution >= 4 is 19.0 Å². The van der Waals surface area contributed by atoms with E-state index in [9.17, 15) is 4.39 Å². The van der Waals surface area contributed by atoms with Gasteiger partial charge in [0.25, 0.3) is 0 Å². The fourth-order valence-corrected chi connectivity index (χ4v) is 2.96. The van der Waals surface area contributed by atoms with Crippen LogP contribution in [0.1, 0.15) is 5.56 Å². The maximum Gasteiger partial charge on any atom is 0.140 e. The Morgan fingerprint density at radius 1 is 1.33 bits per heavy atom. The van der Waals surface area contributed by atoms with Crippen molar-refractivity contribution in [2.24, 2.45) is 0 Å². The summed E-state index contributed by atoms with van der Waals surface area (Å²) in [6.45, 7) is 8.74. The predicted molar refractivity (Wildman–Crippen MR) is 86.6 cm³/mol. The Hall–Kier alpha value is -1.24.